The van der Waals surface area contributed by atoms with Crippen LogP contribution in [0.5, 0.6) is 5.75 Å². The van der Waals surface area contributed by atoms with Crippen molar-refractivity contribution >= 4 is 51.7 Å². The van der Waals surface area contributed by atoms with E-state index in [0.29, 0.717) is 17.0 Å². The average Bonchev–Trinajstić information content (AvgIpc) is 2.52. The van der Waals surface area contributed by atoms with Gasteiger partial charge < -0.3 is 10.1 Å². The van der Waals surface area contributed by atoms with Gasteiger partial charge in [0.2, 0.25) is 5.91 Å². The molecule has 120 valence electrons. The molecule has 0 saturated heterocycles. The summed E-state index contributed by atoms with van der Waals surface area (Å²) >= 11 is 3.67. The van der Waals surface area contributed by atoms with E-state index in [-0.39, 0.29) is 18.3 Å². The minimum absolute atomic E-state index is 0.0204. The second-order valence-corrected chi connectivity index (χ2v) is 6.86. The van der Waals surface area contributed by atoms with Crippen molar-refractivity contribution in [3.8, 4) is 5.75 Å². The van der Waals surface area contributed by atoms with Gasteiger partial charge in [-0.25, -0.2) is 0 Å². The van der Waals surface area contributed by atoms with Crippen molar-refractivity contribution in [1.82, 2.24) is 0 Å². The summed E-state index contributed by atoms with van der Waals surface area (Å²) in [6, 6.07) is 12.8. The highest BCUT2D eigenvalue weighted by Gasteiger charge is 2.11. The second kappa shape index (κ2) is 8.35. The van der Waals surface area contributed by atoms with E-state index in [1.54, 1.807) is 18.2 Å². The molecule has 0 atom stereocenters. The molecule has 0 spiro atoms. The molecule has 2 aromatic rings. The van der Waals surface area contributed by atoms with E-state index in [2.05, 4.69) is 27.9 Å². The van der Waals surface area contributed by atoms with Crippen LogP contribution >= 0.6 is 34.4 Å². The number of hydrogen-bond acceptors (Lipinski definition) is 4. The van der Waals surface area contributed by atoms with Crippen molar-refractivity contribution < 1.29 is 14.3 Å². The van der Waals surface area contributed by atoms with Gasteiger partial charge in [0, 0.05) is 21.0 Å². The zero-order chi connectivity index (χ0) is 16.8. The van der Waals surface area contributed by atoms with Crippen LogP contribution in [-0.2, 0) is 4.79 Å². The first-order chi connectivity index (χ1) is 11.0. The van der Waals surface area contributed by atoms with Crippen LogP contribution in [0.1, 0.15) is 17.3 Å². The number of anilines is 1. The quantitative estimate of drug-likeness (QED) is 0.414. The molecule has 0 bridgehead atoms. The fourth-order valence-corrected chi connectivity index (χ4v) is 3.04. The third-order valence-electron chi connectivity index (χ3n) is 3.00. The molecule has 1 amide bonds. The lowest BCUT2D eigenvalue weighted by molar-refractivity contribution is -0.114. The molecule has 6 heteroatoms. The number of amides is 1. The number of thioether (sulfide) groups is 1. The summed E-state index contributed by atoms with van der Waals surface area (Å²) in [6.45, 7) is 1.44. The van der Waals surface area contributed by atoms with E-state index in [9.17, 15) is 9.59 Å². The van der Waals surface area contributed by atoms with E-state index in [1.807, 2.05) is 30.5 Å². The second-order valence-electron chi connectivity index (χ2n) is 4.77. The zero-order valence-corrected chi connectivity index (χ0v) is 15.7. The van der Waals surface area contributed by atoms with Crippen LogP contribution in [0, 0.1) is 3.57 Å². The van der Waals surface area contributed by atoms with Crippen molar-refractivity contribution in [3.63, 3.8) is 0 Å². The molecule has 0 saturated carbocycles. The maximum absolute atomic E-state index is 12.3. The van der Waals surface area contributed by atoms with E-state index < -0.39 is 0 Å². The molecule has 23 heavy (non-hydrogen) atoms. The van der Waals surface area contributed by atoms with Crippen molar-refractivity contribution in [3.05, 3.63) is 51.6 Å². The minimum Gasteiger partial charge on any atom is -0.485 e. The molecule has 1 N–H and O–H groups in total. The Morgan fingerprint density at radius 2 is 2.00 bits per heavy atom. The van der Waals surface area contributed by atoms with Crippen LogP contribution in [0.2, 0.25) is 0 Å². The highest BCUT2D eigenvalue weighted by molar-refractivity contribution is 14.1. The van der Waals surface area contributed by atoms with E-state index >= 15 is 0 Å². The van der Waals surface area contributed by atoms with Gasteiger partial charge in [0.05, 0.1) is 5.69 Å². The van der Waals surface area contributed by atoms with Gasteiger partial charge in [0.25, 0.3) is 0 Å². The number of carbonyl (C=O) groups excluding carboxylic acids is 2. The monoisotopic (exact) mass is 441 g/mol. The number of nitrogens with one attached hydrogen (secondary N) is 1. The van der Waals surface area contributed by atoms with E-state index in [4.69, 9.17) is 4.74 Å². The summed E-state index contributed by atoms with van der Waals surface area (Å²) in [7, 11) is 0. The van der Waals surface area contributed by atoms with E-state index in [0.717, 1.165) is 8.47 Å². The first-order valence-corrected chi connectivity index (χ1v) is 9.17. The molecule has 0 aliphatic rings. The number of Topliss-reactive ketones (excluding diaryl/α,β-unsaturated/α-hetero) is 1. The Morgan fingerprint density at radius 3 is 2.65 bits per heavy atom. The van der Waals surface area contributed by atoms with Crippen molar-refractivity contribution in [2.24, 2.45) is 0 Å². The lowest BCUT2D eigenvalue weighted by atomic mass is 10.1. The van der Waals surface area contributed by atoms with Gasteiger partial charge in [0.15, 0.2) is 12.4 Å². The predicted octanol–water partition coefficient (Wildman–Crippen LogP) is 4.23. The molecule has 0 aliphatic carbocycles. The summed E-state index contributed by atoms with van der Waals surface area (Å²) in [4.78, 5) is 24.3. The van der Waals surface area contributed by atoms with Crippen LogP contribution < -0.4 is 10.1 Å². The number of ketones is 1. The Kier molecular flexibility index (Phi) is 6.47. The van der Waals surface area contributed by atoms with Crippen LogP contribution in [-0.4, -0.2) is 24.6 Å². The Balaban J connectivity index is 2.08. The molecule has 2 rings (SSSR count). The maximum Gasteiger partial charge on any atom is 0.221 e. The van der Waals surface area contributed by atoms with Gasteiger partial charge in [0.1, 0.15) is 5.75 Å². The van der Waals surface area contributed by atoms with Gasteiger partial charge in [-0.05, 0) is 65.2 Å². The van der Waals surface area contributed by atoms with Crippen molar-refractivity contribution in [1.29, 1.82) is 0 Å². The summed E-state index contributed by atoms with van der Waals surface area (Å²) in [5.41, 5.74) is 1.27. The highest BCUT2D eigenvalue weighted by Crippen LogP contribution is 2.27. The first kappa shape index (κ1) is 17.8. The summed E-state index contributed by atoms with van der Waals surface area (Å²) in [5.74, 6) is 0.431. The van der Waals surface area contributed by atoms with Gasteiger partial charge in [-0.3, -0.25) is 9.59 Å². The summed E-state index contributed by atoms with van der Waals surface area (Å²) < 4.78 is 6.59. The smallest absolute Gasteiger partial charge is 0.221 e. The lowest BCUT2D eigenvalue weighted by Gasteiger charge is -2.10. The Hall–Kier alpha value is -1.54. The van der Waals surface area contributed by atoms with E-state index in [1.165, 1.54) is 18.7 Å². The molecule has 2 aromatic carbocycles. The van der Waals surface area contributed by atoms with Gasteiger partial charge in [-0.15, -0.1) is 11.8 Å². The van der Waals surface area contributed by atoms with Gasteiger partial charge in [-0.2, -0.15) is 0 Å². The highest BCUT2D eigenvalue weighted by atomic mass is 127. The topological polar surface area (TPSA) is 55.4 Å². The third kappa shape index (κ3) is 5.24. The van der Waals surface area contributed by atoms with Gasteiger partial charge >= 0.3 is 0 Å². The molecular weight excluding hydrogens is 425 g/mol. The maximum atomic E-state index is 12.3. The SMILES string of the molecule is CSc1cc(C(=O)COc2cccc(I)c2)ccc1NC(C)=O. The molecule has 0 aromatic heterocycles. The summed E-state index contributed by atoms with van der Waals surface area (Å²) in [5, 5.41) is 2.75. The fourth-order valence-electron chi connectivity index (χ4n) is 1.95. The first-order valence-electron chi connectivity index (χ1n) is 6.87. The standard InChI is InChI=1S/C17H16INO3S/c1-11(20)19-15-7-6-12(8-17(15)23-2)16(21)10-22-14-5-3-4-13(18)9-14/h3-9H,10H2,1-2H3,(H,19,20). The number of carbonyl (C=O) groups is 2. The third-order valence-corrected chi connectivity index (χ3v) is 4.45. The molecule has 0 aliphatic heterocycles. The number of rotatable bonds is 6. The Bertz CT molecular complexity index is 734. The predicted molar refractivity (Wildman–Crippen MR) is 102 cm³/mol. The van der Waals surface area contributed by atoms with Crippen LogP contribution in [0.25, 0.3) is 0 Å². The molecule has 0 heterocycles. The Labute approximate surface area is 153 Å². The van der Waals surface area contributed by atoms with Crippen LogP contribution in [0.3, 0.4) is 0 Å². The molecule has 0 radical (unpaired) electrons. The number of halogens is 1. The summed E-state index contributed by atoms with van der Waals surface area (Å²) in [6.07, 6.45) is 1.90. The molecule has 4 nitrogen and oxygen atoms in total. The fraction of sp³-hybridized carbons (Fsp3) is 0.176. The van der Waals surface area contributed by atoms with Crippen molar-refractivity contribution in [2.45, 2.75) is 11.8 Å². The minimum atomic E-state index is -0.138. The Morgan fingerprint density at radius 1 is 1.22 bits per heavy atom. The largest absolute Gasteiger partial charge is 0.485 e. The number of benzene rings is 2. The van der Waals surface area contributed by atoms with Crippen molar-refractivity contribution in [2.75, 3.05) is 18.2 Å². The molecule has 0 fully saturated rings. The van der Waals surface area contributed by atoms with Gasteiger partial charge in [-0.1, -0.05) is 6.07 Å². The number of hydrogen-bond donors (Lipinski definition) is 1. The normalized spacial score (nSPS) is 10.2. The van der Waals surface area contributed by atoms with Crippen LogP contribution in [0.15, 0.2) is 47.4 Å². The molecular formula is C17H16INO3S. The number of ether oxygens (including phenoxy) is 1. The zero-order valence-electron chi connectivity index (χ0n) is 12.8. The lowest BCUT2D eigenvalue weighted by Crippen LogP contribution is -2.12. The molecule has 0 unspecified atom stereocenters. The average molecular weight is 441 g/mol. The van der Waals surface area contributed by atoms with Crippen LogP contribution in [0.4, 0.5) is 5.69 Å².